The second kappa shape index (κ2) is 5.16. The van der Waals surface area contributed by atoms with E-state index in [9.17, 15) is 13.2 Å². The molecule has 0 fully saturated rings. The van der Waals surface area contributed by atoms with E-state index in [1.807, 2.05) is 0 Å². The number of carbonyl (C=O) groups is 1. The summed E-state index contributed by atoms with van der Waals surface area (Å²) >= 11 is 6.56. The largest absolute Gasteiger partial charge is 0.476 e. The standard InChI is InChI=1S/C10H7ClN2O4S2/c11-6-1-3-7(4-2-6)19(16,17)13-10-12-8(5-18-10)9(14)15/h1-5H,(H,12,13)(H,14,15). The van der Waals surface area contributed by atoms with Crippen molar-refractivity contribution in [2.75, 3.05) is 4.72 Å². The molecule has 1 aromatic heterocycles. The highest BCUT2D eigenvalue weighted by molar-refractivity contribution is 7.93. The Labute approximate surface area is 117 Å². The maximum Gasteiger partial charge on any atom is 0.355 e. The highest BCUT2D eigenvalue weighted by Crippen LogP contribution is 2.21. The molecule has 0 saturated carbocycles. The lowest BCUT2D eigenvalue weighted by atomic mass is 10.4. The maximum absolute atomic E-state index is 12.0. The van der Waals surface area contributed by atoms with Crippen LogP contribution in [0.2, 0.25) is 5.02 Å². The van der Waals surface area contributed by atoms with Crippen molar-refractivity contribution in [2.24, 2.45) is 0 Å². The Morgan fingerprint density at radius 3 is 2.47 bits per heavy atom. The molecule has 19 heavy (non-hydrogen) atoms. The van der Waals surface area contributed by atoms with Gasteiger partial charge in [0.25, 0.3) is 10.0 Å². The zero-order chi connectivity index (χ0) is 14.0. The molecule has 1 heterocycles. The molecular formula is C10H7ClN2O4S2. The van der Waals surface area contributed by atoms with Gasteiger partial charge < -0.3 is 5.11 Å². The second-order valence-electron chi connectivity index (χ2n) is 3.40. The number of halogens is 1. The van der Waals surface area contributed by atoms with E-state index in [2.05, 4.69) is 9.71 Å². The molecule has 0 spiro atoms. The van der Waals surface area contributed by atoms with Gasteiger partial charge in [0.05, 0.1) is 4.90 Å². The first-order valence-electron chi connectivity index (χ1n) is 4.86. The third-order valence-corrected chi connectivity index (χ3v) is 4.56. The molecule has 0 aliphatic rings. The number of thiazole rings is 1. The fourth-order valence-corrected chi connectivity index (χ4v) is 3.27. The number of carboxylic acid groups (broad SMARTS) is 1. The average molecular weight is 319 g/mol. The Kier molecular flexibility index (Phi) is 3.74. The number of hydrogen-bond acceptors (Lipinski definition) is 5. The predicted octanol–water partition coefficient (Wildman–Crippen LogP) is 2.30. The van der Waals surface area contributed by atoms with Crippen molar-refractivity contribution >= 4 is 44.1 Å². The second-order valence-corrected chi connectivity index (χ2v) is 6.38. The minimum Gasteiger partial charge on any atom is -0.476 e. The van der Waals surface area contributed by atoms with Gasteiger partial charge in [-0.15, -0.1) is 11.3 Å². The van der Waals surface area contributed by atoms with Crippen LogP contribution in [0.15, 0.2) is 34.5 Å². The molecule has 9 heteroatoms. The fourth-order valence-electron chi connectivity index (χ4n) is 1.21. The van der Waals surface area contributed by atoms with Crippen LogP contribution in [0.4, 0.5) is 5.13 Å². The van der Waals surface area contributed by atoms with E-state index in [0.717, 1.165) is 11.3 Å². The number of aromatic nitrogens is 1. The van der Waals surface area contributed by atoms with Gasteiger partial charge >= 0.3 is 5.97 Å². The van der Waals surface area contributed by atoms with Gasteiger partial charge in [0, 0.05) is 10.4 Å². The molecule has 0 bridgehead atoms. The van der Waals surface area contributed by atoms with E-state index in [1.54, 1.807) is 0 Å². The summed E-state index contributed by atoms with van der Waals surface area (Å²) in [6.45, 7) is 0. The summed E-state index contributed by atoms with van der Waals surface area (Å²) in [5.41, 5.74) is -0.209. The normalized spacial score (nSPS) is 11.2. The molecule has 0 atom stereocenters. The van der Waals surface area contributed by atoms with Crippen LogP contribution in [0.5, 0.6) is 0 Å². The minimum atomic E-state index is -3.80. The summed E-state index contributed by atoms with van der Waals surface area (Å²) < 4.78 is 26.1. The lowest BCUT2D eigenvalue weighted by Gasteiger charge is -2.04. The van der Waals surface area contributed by atoms with Gasteiger partial charge in [0.2, 0.25) is 0 Å². The molecular weight excluding hydrogens is 312 g/mol. The van der Waals surface area contributed by atoms with Crippen LogP contribution in [-0.4, -0.2) is 24.5 Å². The molecule has 1 aromatic carbocycles. The summed E-state index contributed by atoms with van der Waals surface area (Å²) in [5.74, 6) is -1.21. The molecule has 2 N–H and O–H groups in total. The lowest BCUT2D eigenvalue weighted by molar-refractivity contribution is 0.0691. The van der Waals surface area contributed by atoms with Crippen molar-refractivity contribution < 1.29 is 18.3 Å². The van der Waals surface area contributed by atoms with Crippen molar-refractivity contribution in [3.05, 3.63) is 40.4 Å². The Morgan fingerprint density at radius 1 is 1.32 bits per heavy atom. The topological polar surface area (TPSA) is 96.4 Å². The molecule has 100 valence electrons. The van der Waals surface area contributed by atoms with Crippen molar-refractivity contribution in [2.45, 2.75) is 4.90 Å². The van der Waals surface area contributed by atoms with Crippen molar-refractivity contribution in [3.63, 3.8) is 0 Å². The summed E-state index contributed by atoms with van der Waals surface area (Å²) in [4.78, 5) is 14.3. The zero-order valence-electron chi connectivity index (χ0n) is 9.20. The Morgan fingerprint density at radius 2 is 1.95 bits per heavy atom. The van der Waals surface area contributed by atoms with Gasteiger partial charge in [0.1, 0.15) is 0 Å². The van der Waals surface area contributed by atoms with E-state index in [0.29, 0.717) is 5.02 Å². The van der Waals surface area contributed by atoms with Crippen LogP contribution < -0.4 is 4.72 Å². The molecule has 0 aliphatic heterocycles. The minimum absolute atomic E-state index is 0.00708. The number of nitrogens with zero attached hydrogens (tertiary/aromatic N) is 1. The third kappa shape index (κ3) is 3.22. The van der Waals surface area contributed by atoms with Gasteiger partial charge in [-0.05, 0) is 24.3 Å². The van der Waals surface area contributed by atoms with Gasteiger partial charge in [0.15, 0.2) is 10.8 Å². The van der Waals surface area contributed by atoms with Crippen LogP contribution in [0.3, 0.4) is 0 Å². The first-order valence-corrected chi connectivity index (χ1v) is 7.60. The summed E-state index contributed by atoms with van der Waals surface area (Å²) in [6, 6.07) is 5.58. The number of sulfonamides is 1. The molecule has 6 nitrogen and oxygen atoms in total. The quantitative estimate of drug-likeness (QED) is 0.901. The number of benzene rings is 1. The van der Waals surface area contributed by atoms with Crippen LogP contribution in [0.1, 0.15) is 10.5 Å². The first kappa shape index (κ1) is 13.8. The maximum atomic E-state index is 12.0. The Bertz CT molecular complexity index is 709. The summed E-state index contributed by atoms with van der Waals surface area (Å²) in [7, 11) is -3.80. The van der Waals surface area contributed by atoms with E-state index in [4.69, 9.17) is 16.7 Å². The smallest absolute Gasteiger partial charge is 0.355 e. The number of hydrogen-bond donors (Lipinski definition) is 2. The van der Waals surface area contributed by atoms with Gasteiger partial charge in [-0.3, -0.25) is 4.72 Å². The number of anilines is 1. The zero-order valence-corrected chi connectivity index (χ0v) is 11.6. The molecule has 0 unspecified atom stereocenters. The third-order valence-electron chi connectivity index (χ3n) is 2.07. The summed E-state index contributed by atoms with van der Waals surface area (Å²) in [6.07, 6.45) is 0. The fraction of sp³-hybridized carbons (Fsp3) is 0. The van der Waals surface area contributed by atoms with E-state index in [-0.39, 0.29) is 15.7 Å². The van der Waals surface area contributed by atoms with E-state index in [1.165, 1.54) is 29.6 Å². The molecule has 0 aliphatic carbocycles. The van der Waals surface area contributed by atoms with Crippen LogP contribution in [0, 0.1) is 0 Å². The van der Waals surface area contributed by atoms with Crippen LogP contribution >= 0.6 is 22.9 Å². The number of aromatic carboxylic acids is 1. The van der Waals surface area contributed by atoms with E-state index >= 15 is 0 Å². The van der Waals surface area contributed by atoms with Crippen LogP contribution in [-0.2, 0) is 10.0 Å². The highest BCUT2D eigenvalue weighted by atomic mass is 35.5. The molecule has 2 rings (SSSR count). The van der Waals surface area contributed by atoms with Crippen LogP contribution in [0.25, 0.3) is 0 Å². The van der Waals surface area contributed by atoms with Crippen molar-refractivity contribution in [1.29, 1.82) is 0 Å². The summed E-state index contributed by atoms with van der Waals surface area (Å²) in [5, 5.41) is 10.4. The first-order chi connectivity index (χ1) is 8.88. The Hall–Kier alpha value is -1.64. The molecule has 0 saturated heterocycles. The Balaban J connectivity index is 2.25. The highest BCUT2D eigenvalue weighted by Gasteiger charge is 2.17. The van der Waals surface area contributed by atoms with Gasteiger partial charge in [-0.25, -0.2) is 18.2 Å². The molecule has 2 aromatic rings. The SMILES string of the molecule is O=C(O)c1csc(NS(=O)(=O)c2ccc(Cl)cc2)n1. The van der Waals surface area contributed by atoms with Gasteiger partial charge in [-0.1, -0.05) is 11.6 Å². The monoisotopic (exact) mass is 318 g/mol. The number of nitrogens with one attached hydrogen (secondary N) is 1. The molecule has 0 radical (unpaired) electrons. The van der Waals surface area contributed by atoms with Crippen molar-refractivity contribution in [3.8, 4) is 0 Å². The predicted molar refractivity (Wildman–Crippen MR) is 71.3 cm³/mol. The number of rotatable bonds is 4. The lowest BCUT2D eigenvalue weighted by Crippen LogP contribution is -2.12. The van der Waals surface area contributed by atoms with E-state index < -0.39 is 16.0 Å². The average Bonchev–Trinajstić information content (AvgIpc) is 2.77. The molecule has 0 amide bonds. The van der Waals surface area contributed by atoms with Crippen molar-refractivity contribution in [1.82, 2.24) is 4.98 Å². The van der Waals surface area contributed by atoms with Gasteiger partial charge in [-0.2, -0.15) is 0 Å². The number of carboxylic acids is 1.